The average Bonchev–Trinajstić information content (AvgIpc) is 2.33. The molecule has 1 aromatic rings. The molecular formula is C15H23NO3. The molecule has 0 bridgehead atoms. The lowest BCUT2D eigenvalue weighted by Crippen LogP contribution is -2.28. The number of ether oxygens (including phenoxy) is 1. The Hall–Kier alpha value is -1.55. The van der Waals surface area contributed by atoms with Crippen molar-refractivity contribution in [2.45, 2.75) is 26.7 Å². The van der Waals surface area contributed by atoms with Crippen LogP contribution in [0.15, 0.2) is 24.3 Å². The van der Waals surface area contributed by atoms with Gasteiger partial charge in [-0.25, -0.2) is 0 Å². The number of benzene rings is 1. The molecule has 19 heavy (non-hydrogen) atoms. The molecule has 1 amide bonds. The van der Waals surface area contributed by atoms with E-state index in [9.17, 15) is 9.90 Å². The van der Waals surface area contributed by atoms with Crippen molar-refractivity contribution in [1.29, 1.82) is 0 Å². The van der Waals surface area contributed by atoms with Crippen molar-refractivity contribution < 1.29 is 14.6 Å². The van der Waals surface area contributed by atoms with Crippen molar-refractivity contribution in [2.24, 2.45) is 5.92 Å². The number of nitrogens with one attached hydrogen (secondary N) is 1. The van der Waals surface area contributed by atoms with Gasteiger partial charge in [0.25, 0.3) is 0 Å². The molecule has 1 aromatic carbocycles. The lowest BCUT2D eigenvalue weighted by Gasteiger charge is -2.08. The second kappa shape index (κ2) is 8.53. The molecule has 0 fully saturated rings. The highest BCUT2D eigenvalue weighted by Crippen LogP contribution is 2.11. The van der Waals surface area contributed by atoms with Crippen LogP contribution < -0.4 is 5.32 Å². The number of hydrogen-bond donors (Lipinski definition) is 2. The molecule has 0 aliphatic heterocycles. The third kappa shape index (κ3) is 7.47. The molecule has 4 nitrogen and oxygen atoms in total. The zero-order valence-electron chi connectivity index (χ0n) is 11.7. The number of phenols is 1. The molecule has 0 aromatic heterocycles. The van der Waals surface area contributed by atoms with Crippen molar-refractivity contribution in [3.05, 3.63) is 29.8 Å². The molecule has 0 radical (unpaired) electrons. The number of hydrogen-bond acceptors (Lipinski definition) is 3. The average molecular weight is 265 g/mol. The highest BCUT2D eigenvalue weighted by molar-refractivity contribution is 5.78. The van der Waals surface area contributed by atoms with Gasteiger partial charge in [-0.2, -0.15) is 0 Å². The number of phenolic OH excluding ortho intramolecular Hbond substituents is 1. The van der Waals surface area contributed by atoms with Crippen LogP contribution in [0.1, 0.15) is 25.8 Å². The van der Waals surface area contributed by atoms with Gasteiger partial charge in [-0.3, -0.25) is 4.79 Å². The van der Waals surface area contributed by atoms with Gasteiger partial charge in [-0.15, -0.1) is 0 Å². The maximum absolute atomic E-state index is 11.6. The molecule has 0 unspecified atom stereocenters. The van der Waals surface area contributed by atoms with E-state index in [-0.39, 0.29) is 18.1 Å². The summed E-state index contributed by atoms with van der Waals surface area (Å²) >= 11 is 0. The summed E-state index contributed by atoms with van der Waals surface area (Å²) in [4.78, 5) is 11.6. The quantitative estimate of drug-likeness (QED) is 0.708. The van der Waals surface area contributed by atoms with Crippen LogP contribution in [-0.2, 0) is 16.0 Å². The van der Waals surface area contributed by atoms with Crippen LogP contribution in [0.3, 0.4) is 0 Å². The minimum atomic E-state index is -0.0574. The number of carbonyl (C=O) groups is 1. The Labute approximate surface area is 114 Å². The van der Waals surface area contributed by atoms with E-state index < -0.39 is 0 Å². The molecule has 0 atom stereocenters. The Kier molecular flexibility index (Phi) is 6.97. The first-order valence-electron chi connectivity index (χ1n) is 6.70. The number of amides is 1. The Bertz CT molecular complexity index is 391. The van der Waals surface area contributed by atoms with Gasteiger partial charge < -0.3 is 15.2 Å². The number of rotatable bonds is 8. The van der Waals surface area contributed by atoms with Crippen molar-refractivity contribution in [3.8, 4) is 5.75 Å². The van der Waals surface area contributed by atoms with E-state index in [0.717, 1.165) is 18.6 Å². The monoisotopic (exact) mass is 265 g/mol. The van der Waals surface area contributed by atoms with Gasteiger partial charge in [0.2, 0.25) is 5.91 Å². The van der Waals surface area contributed by atoms with Crippen LogP contribution in [0.4, 0.5) is 0 Å². The summed E-state index contributed by atoms with van der Waals surface area (Å²) in [6, 6.07) is 6.73. The van der Waals surface area contributed by atoms with E-state index in [2.05, 4.69) is 19.2 Å². The molecule has 0 aliphatic carbocycles. The summed E-state index contributed by atoms with van der Waals surface area (Å²) in [6.07, 6.45) is 1.32. The first kappa shape index (κ1) is 15.5. The first-order valence-corrected chi connectivity index (χ1v) is 6.70. The van der Waals surface area contributed by atoms with E-state index >= 15 is 0 Å². The highest BCUT2D eigenvalue weighted by Gasteiger charge is 2.03. The lowest BCUT2D eigenvalue weighted by molar-refractivity contribution is -0.120. The normalized spacial score (nSPS) is 10.7. The highest BCUT2D eigenvalue weighted by atomic mass is 16.5. The fourth-order valence-corrected chi connectivity index (χ4v) is 1.60. The molecule has 1 rings (SSSR count). The third-order valence-electron chi connectivity index (χ3n) is 2.68. The van der Waals surface area contributed by atoms with Crippen molar-refractivity contribution in [1.82, 2.24) is 5.32 Å². The zero-order chi connectivity index (χ0) is 14.1. The van der Waals surface area contributed by atoms with Crippen molar-refractivity contribution >= 4 is 5.91 Å². The maximum atomic E-state index is 11.6. The van der Waals surface area contributed by atoms with Crippen LogP contribution in [0.5, 0.6) is 5.75 Å². The minimum Gasteiger partial charge on any atom is -0.508 e. The van der Waals surface area contributed by atoms with E-state index in [1.165, 1.54) is 0 Å². The fourth-order valence-electron chi connectivity index (χ4n) is 1.60. The van der Waals surface area contributed by atoms with Gasteiger partial charge in [-0.05, 0) is 30.0 Å². The Morgan fingerprint density at radius 3 is 2.84 bits per heavy atom. The van der Waals surface area contributed by atoms with Gasteiger partial charge in [0.05, 0.1) is 13.0 Å². The summed E-state index contributed by atoms with van der Waals surface area (Å²) < 4.78 is 5.41. The van der Waals surface area contributed by atoms with Gasteiger partial charge in [0.1, 0.15) is 5.75 Å². The van der Waals surface area contributed by atoms with Gasteiger partial charge >= 0.3 is 0 Å². The fraction of sp³-hybridized carbons (Fsp3) is 0.533. The van der Waals surface area contributed by atoms with Crippen molar-refractivity contribution in [3.63, 3.8) is 0 Å². The smallest absolute Gasteiger partial charge is 0.224 e. The summed E-state index contributed by atoms with van der Waals surface area (Å²) in [5, 5.41) is 12.1. The second-order valence-corrected chi connectivity index (χ2v) is 4.99. The van der Waals surface area contributed by atoms with Crippen LogP contribution in [-0.4, -0.2) is 30.8 Å². The zero-order valence-corrected chi connectivity index (χ0v) is 11.7. The van der Waals surface area contributed by atoms with E-state index in [4.69, 9.17) is 4.74 Å². The van der Waals surface area contributed by atoms with Gasteiger partial charge in [0, 0.05) is 13.2 Å². The van der Waals surface area contributed by atoms with Gasteiger partial charge in [-0.1, -0.05) is 26.0 Å². The molecule has 106 valence electrons. The Morgan fingerprint density at radius 2 is 2.16 bits per heavy atom. The second-order valence-electron chi connectivity index (χ2n) is 4.99. The van der Waals surface area contributed by atoms with Crippen LogP contribution in [0.2, 0.25) is 0 Å². The predicted molar refractivity (Wildman–Crippen MR) is 75.1 cm³/mol. The number of carbonyl (C=O) groups excluding carboxylic acids is 1. The molecule has 0 heterocycles. The summed E-state index contributed by atoms with van der Waals surface area (Å²) in [6.45, 7) is 6.11. The summed E-state index contributed by atoms with van der Waals surface area (Å²) in [5.74, 6) is 0.765. The first-order chi connectivity index (χ1) is 9.08. The number of aromatic hydroxyl groups is 1. The predicted octanol–water partition coefficient (Wildman–Crippen LogP) is 2.11. The van der Waals surface area contributed by atoms with Crippen LogP contribution in [0, 0.1) is 5.92 Å². The summed E-state index contributed by atoms with van der Waals surface area (Å²) in [5.41, 5.74) is 0.804. The van der Waals surface area contributed by atoms with Crippen LogP contribution >= 0.6 is 0 Å². The van der Waals surface area contributed by atoms with E-state index in [0.29, 0.717) is 19.1 Å². The maximum Gasteiger partial charge on any atom is 0.224 e. The van der Waals surface area contributed by atoms with Gasteiger partial charge in [0.15, 0.2) is 0 Å². The summed E-state index contributed by atoms with van der Waals surface area (Å²) in [7, 11) is 0. The molecule has 0 saturated carbocycles. The molecule has 0 saturated heterocycles. The third-order valence-corrected chi connectivity index (χ3v) is 2.68. The molecule has 0 spiro atoms. The SMILES string of the molecule is CC(C)CCOCCNC(=O)Cc1cccc(O)c1. The standard InChI is InChI=1S/C15H23NO3/c1-12(2)6-8-19-9-7-16-15(18)11-13-4-3-5-14(17)10-13/h3-5,10,12,17H,6-9,11H2,1-2H3,(H,16,18). The molecular weight excluding hydrogens is 242 g/mol. The minimum absolute atomic E-state index is 0.0574. The topological polar surface area (TPSA) is 58.6 Å². The largest absolute Gasteiger partial charge is 0.508 e. The van der Waals surface area contributed by atoms with Crippen molar-refractivity contribution in [2.75, 3.05) is 19.8 Å². The van der Waals surface area contributed by atoms with Crippen LogP contribution in [0.25, 0.3) is 0 Å². The molecule has 0 aliphatic rings. The Balaban J connectivity index is 2.11. The van der Waals surface area contributed by atoms with E-state index in [1.54, 1.807) is 18.2 Å². The molecule has 4 heteroatoms. The Morgan fingerprint density at radius 1 is 1.37 bits per heavy atom. The van der Waals surface area contributed by atoms with E-state index in [1.807, 2.05) is 6.07 Å². The molecule has 2 N–H and O–H groups in total. The lowest BCUT2D eigenvalue weighted by atomic mass is 10.1.